The Morgan fingerprint density at radius 1 is 0.552 bits per heavy atom. The van der Waals surface area contributed by atoms with E-state index in [1.54, 1.807) is 0 Å². The van der Waals surface area contributed by atoms with Crippen LogP contribution in [0.1, 0.15) is 168 Å². The van der Waals surface area contributed by atoms with Gasteiger partial charge in [-0.3, -0.25) is 18.6 Å². The fourth-order valence-corrected chi connectivity index (χ4v) is 6.43. The summed E-state index contributed by atoms with van der Waals surface area (Å²) in [6, 6.07) is 0. The summed E-state index contributed by atoms with van der Waals surface area (Å²) in [6.07, 6.45) is 49.6. The third-order valence-corrected chi connectivity index (χ3v) is 10.2. The first-order chi connectivity index (χ1) is 28.0. The predicted molar refractivity (Wildman–Crippen MR) is 242 cm³/mol. The number of phosphoric ester groups is 1. The summed E-state index contributed by atoms with van der Waals surface area (Å²) in [5.74, 6) is -0.876. The first-order valence-corrected chi connectivity index (χ1v) is 24.2. The van der Waals surface area contributed by atoms with Crippen molar-refractivity contribution in [2.75, 3.05) is 47.5 Å². The number of quaternary nitrogens is 1. The van der Waals surface area contributed by atoms with Gasteiger partial charge in [0.05, 0.1) is 27.7 Å². The van der Waals surface area contributed by atoms with Crippen molar-refractivity contribution in [3.8, 4) is 0 Å². The van der Waals surface area contributed by atoms with Gasteiger partial charge in [-0.15, -0.1) is 0 Å². The minimum Gasteiger partial charge on any atom is -0.462 e. The van der Waals surface area contributed by atoms with Crippen molar-refractivity contribution in [2.24, 2.45) is 0 Å². The molecule has 0 spiro atoms. The van der Waals surface area contributed by atoms with Crippen molar-refractivity contribution < 1.29 is 42.1 Å². The molecule has 0 aromatic rings. The first kappa shape index (κ1) is 55.5. The Kier molecular flexibility index (Phi) is 38.1. The van der Waals surface area contributed by atoms with E-state index in [-0.39, 0.29) is 26.1 Å². The van der Waals surface area contributed by atoms with Gasteiger partial charge >= 0.3 is 19.8 Å². The smallest absolute Gasteiger partial charge is 0.462 e. The van der Waals surface area contributed by atoms with Gasteiger partial charge in [-0.05, 0) is 77.0 Å². The molecular formula is C48H85NO8P+. The molecule has 334 valence electrons. The van der Waals surface area contributed by atoms with Crippen LogP contribution in [0.25, 0.3) is 0 Å². The fraction of sp³-hybridized carbons (Fsp3) is 0.708. The Hall–Kier alpha value is -2.55. The quantitative estimate of drug-likeness (QED) is 0.0214. The summed E-state index contributed by atoms with van der Waals surface area (Å²) in [6.45, 7) is 4.22. The molecule has 58 heavy (non-hydrogen) atoms. The number of carbonyl (C=O) groups excluding carboxylic acids is 2. The average Bonchev–Trinajstić information content (AvgIpc) is 3.17. The van der Waals surface area contributed by atoms with E-state index in [0.29, 0.717) is 23.9 Å². The van der Waals surface area contributed by atoms with Gasteiger partial charge in [-0.2, -0.15) is 0 Å². The highest BCUT2D eigenvalue weighted by atomic mass is 31.2. The van der Waals surface area contributed by atoms with Crippen molar-refractivity contribution in [3.05, 3.63) is 72.9 Å². The number of allylic oxidation sites excluding steroid dienone is 12. The van der Waals surface area contributed by atoms with Gasteiger partial charge in [0.15, 0.2) is 6.10 Å². The third kappa shape index (κ3) is 43.0. The number of ether oxygens (including phenoxy) is 2. The second-order valence-corrected chi connectivity index (χ2v) is 17.5. The lowest BCUT2D eigenvalue weighted by atomic mass is 10.1. The van der Waals surface area contributed by atoms with Crippen LogP contribution in [-0.2, 0) is 32.7 Å². The highest BCUT2D eigenvalue weighted by Gasteiger charge is 2.27. The van der Waals surface area contributed by atoms with Crippen LogP contribution in [0.2, 0.25) is 0 Å². The lowest BCUT2D eigenvalue weighted by Gasteiger charge is -2.24. The monoisotopic (exact) mass is 835 g/mol. The van der Waals surface area contributed by atoms with Crippen LogP contribution in [-0.4, -0.2) is 74.9 Å². The van der Waals surface area contributed by atoms with Crippen molar-refractivity contribution in [2.45, 2.75) is 174 Å². The Morgan fingerprint density at radius 3 is 1.53 bits per heavy atom. The molecule has 0 amide bonds. The van der Waals surface area contributed by atoms with E-state index in [9.17, 15) is 19.0 Å². The van der Waals surface area contributed by atoms with Crippen LogP contribution in [0.4, 0.5) is 0 Å². The maximum atomic E-state index is 12.7. The summed E-state index contributed by atoms with van der Waals surface area (Å²) < 4.78 is 34.3. The van der Waals surface area contributed by atoms with Crippen molar-refractivity contribution >= 4 is 19.8 Å². The molecule has 0 rings (SSSR count). The van der Waals surface area contributed by atoms with Gasteiger partial charge in [0.1, 0.15) is 19.8 Å². The Bertz CT molecular complexity index is 1220. The minimum absolute atomic E-state index is 0.0188. The van der Waals surface area contributed by atoms with Gasteiger partial charge in [-0.25, -0.2) is 4.57 Å². The predicted octanol–water partition coefficient (Wildman–Crippen LogP) is 13.0. The van der Waals surface area contributed by atoms with Crippen LogP contribution in [0.3, 0.4) is 0 Å². The first-order valence-electron chi connectivity index (χ1n) is 22.7. The van der Waals surface area contributed by atoms with Crippen molar-refractivity contribution in [1.82, 2.24) is 0 Å². The zero-order valence-corrected chi connectivity index (χ0v) is 38.4. The molecule has 0 bridgehead atoms. The molecule has 9 nitrogen and oxygen atoms in total. The summed E-state index contributed by atoms with van der Waals surface area (Å²) in [5.41, 5.74) is 0. The van der Waals surface area contributed by atoms with E-state index in [1.165, 1.54) is 64.2 Å². The molecule has 2 atom stereocenters. The van der Waals surface area contributed by atoms with Crippen LogP contribution in [0.5, 0.6) is 0 Å². The van der Waals surface area contributed by atoms with Crippen LogP contribution in [0, 0.1) is 0 Å². The summed E-state index contributed by atoms with van der Waals surface area (Å²) >= 11 is 0. The summed E-state index contributed by atoms with van der Waals surface area (Å²) in [5, 5.41) is 0. The molecule has 0 heterocycles. The van der Waals surface area contributed by atoms with E-state index in [0.717, 1.165) is 64.2 Å². The van der Waals surface area contributed by atoms with Gasteiger partial charge in [0.25, 0.3) is 0 Å². The standard InChI is InChI=1S/C48H84NO8P/c1-6-8-10-12-14-16-18-20-22-24-26-28-30-32-34-36-38-40-47(50)54-44-46(45-56-58(52,53)55-43-42-49(3,4)5)57-48(51)41-39-37-35-33-31-29-27-25-23-21-19-17-15-13-11-9-7-2/h8,10,14,16,20-23,26,28,32,34,46H,6-7,9,11-13,15,17-19,24-25,27,29-31,33,35-45H2,1-5H3/p+1/b10-8-,16-14-,22-20-,23-21-,28-26-,34-32-/t46-/m1/s1. The number of esters is 2. The average molecular weight is 835 g/mol. The summed E-state index contributed by atoms with van der Waals surface area (Å²) in [7, 11) is 1.43. The van der Waals surface area contributed by atoms with E-state index < -0.39 is 32.5 Å². The van der Waals surface area contributed by atoms with Crippen LogP contribution < -0.4 is 0 Å². The largest absolute Gasteiger partial charge is 0.472 e. The minimum atomic E-state index is -4.39. The Labute approximate surface area is 355 Å². The topological polar surface area (TPSA) is 108 Å². The molecule has 0 aromatic heterocycles. The SMILES string of the molecule is CC/C=C\C/C=C\C/C=C\C/C=C\C/C=C\CCCC(=O)OC[C@H](COP(=O)(O)OCC[N+](C)(C)C)OC(=O)CCCCCCCCC/C=C\CCCCCCCC. The number of rotatable bonds is 40. The summed E-state index contributed by atoms with van der Waals surface area (Å²) in [4.78, 5) is 35.4. The lowest BCUT2D eigenvalue weighted by Crippen LogP contribution is -2.37. The van der Waals surface area contributed by atoms with Gasteiger partial charge in [0, 0.05) is 12.8 Å². The van der Waals surface area contributed by atoms with Gasteiger partial charge in [-0.1, -0.05) is 151 Å². The molecule has 1 unspecified atom stereocenters. The van der Waals surface area contributed by atoms with Crippen molar-refractivity contribution in [3.63, 3.8) is 0 Å². The molecule has 0 fully saturated rings. The molecule has 1 N–H and O–H groups in total. The number of carbonyl (C=O) groups is 2. The van der Waals surface area contributed by atoms with E-state index in [4.69, 9.17) is 18.5 Å². The second kappa shape index (κ2) is 39.9. The highest BCUT2D eigenvalue weighted by molar-refractivity contribution is 7.47. The molecule has 10 heteroatoms. The molecule has 0 saturated heterocycles. The van der Waals surface area contributed by atoms with Gasteiger partial charge < -0.3 is 18.9 Å². The molecule has 0 aromatic carbocycles. The van der Waals surface area contributed by atoms with Crippen LogP contribution >= 0.6 is 7.82 Å². The van der Waals surface area contributed by atoms with E-state index in [1.807, 2.05) is 21.1 Å². The van der Waals surface area contributed by atoms with Crippen molar-refractivity contribution in [1.29, 1.82) is 0 Å². The van der Waals surface area contributed by atoms with Gasteiger partial charge in [0.2, 0.25) is 0 Å². The number of likely N-dealkylation sites (N-methyl/N-ethyl adjacent to an activating group) is 1. The maximum Gasteiger partial charge on any atom is 0.472 e. The normalized spacial score (nSPS) is 14.2. The number of hydrogen-bond acceptors (Lipinski definition) is 7. The molecular weight excluding hydrogens is 750 g/mol. The molecule has 0 saturated carbocycles. The zero-order chi connectivity index (χ0) is 42.8. The fourth-order valence-electron chi connectivity index (χ4n) is 5.69. The molecule has 0 aliphatic carbocycles. The number of nitrogens with zero attached hydrogens (tertiary/aromatic N) is 1. The second-order valence-electron chi connectivity index (χ2n) is 16.0. The number of unbranched alkanes of at least 4 members (excludes halogenated alkanes) is 14. The van der Waals surface area contributed by atoms with E-state index >= 15 is 0 Å². The Balaban J connectivity index is 4.45. The third-order valence-electron chi connectivity index (χ3n) is 9.22. The van der Waals surface area contributed by atoms with Crippen LogP contribution in [0.15, 0.2) is 72.9 Å². The highest BCUT2D eigenvalue weighted by Crippen LogP contribution is 2.43. The molecule has 0 radical (unpaired) electrons. The molecule has 0 aliphatic heterocycles. The maximum absolute atomic E-state index is 12.7. The number of hydrogen-bond donors (Lipinski definition) is 1. The zero-order valence-electron chi connectivity index (χ0n) is 37.5. The lowest BCUT2D eigenvalue weighted by molar-refractivity contribution is -0.870. The Morgan fingerprint density at radius 2 is 1.00 bits per heavy atom. The molecule has 0 aliphatic rings. The van der Waals surface area contributed by atoms with E-state index in [2.05, 4.69) is 86.8 Å². The number of phosphoric acid groups is 1.